The number of hydrogen-bond donors (Lipinski definition) is 1. The largest absolute Gasteiger partial charge is 0.497 e. The maximum absolute atomic E-state index is 11.5. The molecule has 1 aromatic carbocycles. The molecule has 0 bridgehead atoms. The Balaban J connectivity index is 2.05. The Hall–Kier alpha value is -1.55. The van der Waals surface area contributed by atoms with Gasteiger partial charge in [0.1, 0.15) is 5.75 Å². The molecule has 1 aliphatic carbocycles. The summed E-state index contributed by atoms with van der Waals surface area (Å²) in [6.07, 6.45) is 2.77. The van der Waals surface area contributed by atoms with Crippen molar-refractivity contribution >= 4 is 5.97 Å². The van der Waals surface area contributed by atoms with Crippen molar-refractivity contribution < 1.29 is 14.6 Å². The van der Waals surface area contributed by atoms with E-state index in [-0.39, 0.29) is 12.0 Å². The third-order valence-corrected chi connectivity index (χ3v) is 4.55. The normalized spacial score (nSPS) is 25.8. The lowest BCUT2D eigenvalue weighted by Gasteiger charge is -2.38. The molecule has 0 amide bonds. The topological polar surface area (TPSA) is 49.8 Å². The second-order valence-corrected chi connectivity index (χ2v) is 6.19. The Kier molecular flexibility index (Phi) is 5.23. The monoisotopic (exact) mass is 291 g/mol. The molecule has 1 aliphatic rings. The molecule has 1 fully saturated rings. The van der Waals surface area contributed by atoms with E-state index < -0.39 is 5.97 Å². The second-order valence-electron chi connectivity index (χ2n) is 6.19. The first-order valence-corrected chi connectivity index (χ1v) is 7.57. The van der Waals surface area contributed by atoms with Crippen LogP contribution in [0.3, 0.4) is 0 Å². The Morgan fingerprint density at radius 2 is 2.00 bits per heavy atom. The van der Waals surface area contributed by atoms with Crippen LogP contribution in [0.25, 0.3) is 0 Å². The third-order valence-electron chi connectivity index (χ3n) is 4.55. The number of carbonyl (C=O) groups is 1. The lowest BCUT2D eigenvalue weighted by atomic mass is 9.78. The molecule has 4 nitrogen and oxygen atoms in total. The van der Waals surface area contributed by atoms with Crippen molar-refractivity contribution in [3.05, 3.63) is 29.8 Å². The number of rotatable bonds is 5. The van der Waals surface area contributed by atoms with Crippen LogP contribution in [0.1, 0.15) is 31.7 Å². The van der Waals surface area contributed by atoms with Crippen molar-refractivity contribution in [3.63, 3.8) is 0 Å². The number of carboxylic acids is 1. The fourth-order valence-corrected chi connectivity index (χ4v) is 3.26. The van der Waals surface area contributed by atoms with Gasteiger partial charge in [-0.25, -0.2) is 0 Å². The summed E-state index contributed by atoms with van der Waals surface area (Å²) in [5.41, 5.74) is 1.18. The molecule has 0 saturated heterocycles. The van der Waals surface area contributed by atoms with Gasteiger partial charge in [-0.3, -0.25) is 9.69 Å². The number of hydrogen-bond acceptors (Lipinski definition) is 3. The van der Waals surface area contributed by atoms with Crippen LogP contribution >= 0.6 is 0 Å². The summed E-state index contributed by atoms with van der Waals surface area (Å²) in [6.45, 7) is 2.98. The summed E-state index contributed by atoms with van der Waals surface area (Å²) in [6, 6.07) is 8.09. The highest BCUT2D eigenvalue weighted by atomic mass is 16.5. The molecule has 0 heterocycles. The van der Waals surface area contributed by atoms with Crippen LogP contribution in [0, 0.1) is 11.8 Å². The third kappa shape index (κ3) is 3.97. The highest BCUT2D eigenvalue weighted by Gasteiger charge is 2.35. The summed E-state index contributed by atoms with van der Waals surface area (Å²) in [5.74, 6) is 0.540. The van der Waals surface area contributed by atoms with Gasteiger partial charge in [-0.05, 0) is 49.9 Å². The van der Waals surface area contributed by atoms with Gasteiger partial charge in [-0.15, -0.1) is 0 Å². The highest BCUT2D eigenvalue weighted by molar-refractivity contribution is 5.71. The van der Waals surface area contributed by atoms with Gasteiger partial charge in [0.2, 0.25) is 0 Å². The van der Waals surface area contributed by atoms with E-state index in [1.807, 2.05) is 31.3 Å². The smallest absolute Gasteiger partial charge is 0.308 e. The molecule has 3 unspecified atom stereocenters. The molecule has 0 aromatic heterocycles. The van der Waals surface area contributed by atoms with Gasteiger partial charge in [0.15, 0.2) is 0 Å². The molecule has 21 heavy (non-hydrogen) atoms. The summed E-state index contributed by atoms with van der Waals surface area (Å²) < 4.78 is 5.16. The summed E-state index contributed by atoms with van der Waals surface area (Å²) >= 11 is 0. The van der Waals surface area contributed by atoms with Crippen LogP contribution in [-0.4, -0.2) is 36.2 Å². The molecular weight excluding hydrogens is 266 g/mol. The van der Waals surface area contributed by atoms with Gasteiger partial charge in [-0.1, -0.05) is 19.1 Å². The zero-order valence-corrected chi connectivity index (χ0v) is 13.1. The summed E-state index contributed by atoms with van der Waals surface area (Å²) in [7, 11) is 3.69. The van der Waals surface area contributed by atoms with E-state index in [4.69, 9.17) is 4.74 Å². The second kappa shape index (κ2) is 6.94. The number of methoxy groups -OCH3 is 1. The average Bonchev–Trinajstić information content (AvgIpc) is 2.47. The minimum atomic E-state index is -0.659. The molecule has 1 N–H and O–H groups in total. The fourth-order valence-electron chi connectivity index (χ4n) is 3.26. The summed E-state index contributed by atoms with van der Waals surface area (Å²) in [5, 5.41) is 9.44. The molecule has 1 aromatic rings. The van der Waals surface area contributed by atoms with Crippen molar-refractivity contribution in [2.45, 2.75) is 38.8 Å². The van der Waals surface area contributed by atoms with Crippen molar-refractivity contribution in [2.75, 3.05) is 14.2 Å². The van der Waals surface area contributed by atoms with Gasteiger partial charge in [0, 0.05) is 12.6 Å². The van der Waals surface area contributed by atoms with Crippen LogP contribution < -0.4 is 4.74 Å². The SMILES string of the molecule is COc1ccc(CN(C)C2CC(C)CCC2C(=O)O)cc1. The van der Waals surface area contributed by atoms with Gasteiger partial charge in [0.25, 0.3) is 0 Å². The molecule has 0 radical (unpaired) electrons. The molecule has 3 atom stereocenters. The first-order chi connectivity index (χ1) is 10.0. The molecule has 0 spiro atoms. The van der Waals surface area contributed by atoms with E-state index in [0.717, 1.165) is 31.6 Å². The maximum atomic E-state index is 11.5. The van der Waals surface area contributed by atoms with Crippen molar-refractivity contribution in [1.82, 2.24) is 4.90 Å². The lowest BCUT2D eigenvalue weighted by Crippen LogP contribution is -2.44. The molecule has 2 rings (SSSR count). The van der Waals surface area contributed by atoms with E-state index >= 15 is 0 Å². The standard InChI is InChI=1S/C17H25NO3/c1-12-4-9-15(17(19)20)16(10-12)18(2)11-13-5-7-14(21-3)8-6-13/h5-8,12,15-16H,4,9-11H2,1-3H3,(H,19,20). The average molecular weight is 291 g/mol. The minimum absolute atomic E-state index is 0.119. The van der Waals surface area contributed by atoms with Crippen molar-refractivity contribution in [2.24, 2.45) is 11.8 Å². The number of benzene rings is 1. The number of ether oxygens (including phenoxy) is 1. The van der Waals surface area contributed by atoms with Crippen LogP contribution in [-0.2, 0) is 11.3 Å². The lowest BCUT2D eigenvalue weighted by molar-refractivity contribution is -0.146. The van der Waals surface area contributed by atoms with E-state index in [2.05, 4.69) is 11.8 Å². The summed E-state index contributed by atoms with van der Waals surface area (Å²) in [4.78, 5) is 13.7. The van der Waals surface area contributed by atoms with Crippen molar-refractivity contribution in [1.29, 1.82) is 0 Å². The maximum Gasteiger partial charge on any atom is 0.308 e. The quantitative estimate of drug-likeness (QED) is 0.906. The Morgan fingerprint density at radius 1 is 1.33 bits per heavy atom. The van der Waals surface area contributed by atoms with Crippen LogP contribution in [0.15, 0.2) is 24.3 Å². The van der Waals surface area contributed by atoms with Crippen LogP contribution in [0.5, 0.6) is 5.75 Å². The highest BCUT2D eigenvalue weighted by Crippen LogP contribution is 2.32. The van der Waals surface area contributed by atoms with E-state index in [9.17, 15) is 9.90 Å². The van der Waals surface area contributed by atoms with Crippen molar-refractivity contribution in [3.8, 4) is 5.75 Å². The number of carboxylic acid groups (broad SMARTS) is 1. The van der Waals surface area contributed by atoms with E-state index in [0.29, 0.717) is 5.92 Å². The van der Waals surface area contributed by atoms with Crippen LogP contribution in [0.2, 0.25) is 0 Å². The number of aliphatic carboxylic acids is 1. The molecule has 116 valence electrons. The predicted molar refractivity (Wildman–Crippen MR) is 82.4 cm³/mol. The molecule has 1 saturated carbocycles. The first kappa shape index (κ1) is 15.8. The Morgan fingerprint density at radius 3 is 2.57 bits per heavy atom. The van der Waals surface area contributed by atoms with Gasteiger partial charge in [-0.2, -0.15) is 0 Å². The zero-order valence-electron chi connectivity index (χ0n) is 13.1. The minimum Gasteiger partial charge on any atom is -0.497 e. The Bertz CT molecular complexity index is 471. The fraction of sp³-hybridized carbons (Fsp3) is 0.588. The van der Waals surface area contributed by atoms with E-state index in [1.54, 1.807) is 7.11 Å². The molecule has 4 heteroatoms. The van der Waals surface area contributed by atoms with Gasteiger partial charge < -0.3 is 9.84 Å². The van der Waals surface area contributed by atoms with Crippen LogP contribution in [0.4, 0.5) is 0 Å². The van der Waals surface area contributed by atoms with Gasteiger partial charge in [0.05, 0.1) is 13.0 Å². The van der Waals surface area contributed by atoms with E-state index in [1.165, 1.54) is 5.56 Å². The first-order valence-electron chi connectivity index (χ1n) is 7.57. The Labute approximate surface area is 126 Å². The number of nitrogens with zero attached hydrogens (tertiary/aromatic N) is 1. The zero-order chi connectivity index (χ0) is 15.4. The van der Waals surface area contributed by atoms with Gasteiger partial charge >= 0.3 is 5.97 Å². The predicted octanol–water partition coefficient (Wildman–Crippen LogP) is 3.02. The molecular formula is C17H25NO3. The molecule has 0 aliphatic heterocycles.